The third-order valence-electron chi connectivity index (χ3n) is 7.84. The van der Waals surface area contributed by atoms with Gasteiger partial charge < -0.3 is 25.4 Å². The van der Waals surface area contributed by atoms with E-state index >= 15 is 0 Å². The molecule has 0 spiro atoms. The average Bonchev–Trinajstić information content (AvgIpc) is 3.58. The van der Waals surface area contributed by atoms with Gasteiger partial charge in [-0.1, -0.05) is 17.7 Å². The van der Waals surface area contributed by atoms with Crippen LogP contribution in [-0.4, -0.2) is 60.4 Å². The maximum atomic E-state index is 13.4. The van der Waals surface area contributed by atoms with E-state index in [1.54, 1.807) is 47.0 Å². The van der Waals surface area contributed by atoms with Gasteiger partial charge in [-0.15, -0.1) is 11.3 Å². The number of hydrogen-bond donors (Lipinski definition) is 3. The number of rotatable bonds is 10. The SMILES string of the molecule is COc1cc(N2C[C@H](CNC(=O)c3ccc(Cl)s3)CC2=O)ccc1-n1cccc(CCNC2CCC(O)CC2)c1=O. The predicted octanol–water partition coefficient (Wildman–Crippen LogP) is 3.78. The van der Waals surface area contributed by atoms with E-state index in [4.69, 9.17) is 16.3 Å². The van der Waals surface area contributed by atoms with Gasteiger partial charge in [0.25, 0.3) is 11.5 Å². The van der Waals surface area contributed by atoms with Gasteiger partial charge in [0.05, 0.1) is 28.1 Å². The molecule has 2 fully saturated rings. The minimum atomic E-state index is -0.198. The lowest BCUT2D eigenvalue weighted by Gasteiger charge is -2.26. The minimum Gasteiger partial charge on any atom is -0.494 e. The lowest BCUT2D eigenvalue weighted by molar-refractivity contribution is -0.117. The van der Waals surface area contributed by atoms with Crippen molar-refractivity contribution < 1.29 is 19.4 Å². The molecule has 1 saturated heterocycles. The van der Waals surface area contributed by atoms with Crippen molar-refractivity contribution in [1.82, 2.24) is 15.2 Å². The maximum absolute atomic E-state index is 13.4. The standard InChI is InChI=1S/C30H35ClN4O5S/c1-40-25-16-22(35-18-19(15-28(35)37)17-33-29(38)26-10-11-27(31)41-26)6-9-24(25)34-14-2-3-20(30(34)39)12-13-32-21-4-7-23(36)8-5-21/h2-3,6,9-11,14,16,19,21,23,32,36H,4-5,7-8,12-13,15,17-18H2,1H3,(H,33,38)/t19-,21?,23?/m0/s1. The van der Waals surface area contributed by atoms with Crippen molar-refractivity contribution >= 4 is 40.4 Å². The summed E-state index contributed by atoms with van der Waals surface area (Å²) in [6, 6.07) is 12.9. The molecule has 1 aliphatic carbocycles. The van der Waals surface area contributed by atoms with Gasteiger partial charge in [0, 0.05) is 55.0 Å². The lowest BCUT2D eigenvalue weighted by Crippen LogP contribution is -2.36. The van der Waals surface area contributed by atoms with Crippen LogP contribution in [0.25, 0.3) is 5.69 Å². The second-order valence-electron chi connectivity index (χ2n) is 10.7. The Kier molecular flexibility index (Phi) is 9.44. The number of halogens is 1. The number of aliphatic hydroxyl groups excluding tert-OH is 1. The molecule has 0 unspecified atom stereocenters. The predicted molar refractivity (Wildman–Crippen MR) is 161 cm³/mol. The van der Waals surface area contributed by atoms with Crippen LogP contribution in [0.4, 0.5) is 5.69 Å². The van der Waals surface area contributed by atoms with E-state index in [1.165, 1.54) is 11.3 Å². The molecule has 1 saturated carbocycles. The van der Waals surface area contributed by atoms with Crippen molar-refractivity contribution in [3.8, 4) is 11.4 Å². The van der Waals surface area contributed by atoms with E-state index < -0.39 is 0 Å². The van der Waals surface area contributed by atoms with Gasteiger partial charge in [0.15, 0.2) is 0 Å². The normalized spacial score (nSPS) is 20.8. The molecule has 1 atom stereocenters. The van der Waals surface area contributed by atoms with Crippen molar-refractivity contribution in [3.63, 3.8) is 0 Å². The molecule has 2 amide bonds. The number of pyridine rings is 1. The number of carbonyl (C=O) groups excluding carboxylic acids is 2. The van der Waals surface area contributed by atoms with Crippen molar-refractivity contribution in [2.45, 2.75) is 50.7 Å². The summed E-state index contributed by atoms with van der Waals surface area (Å²) in [5, 5.41) is 16.1. The summed E-state index contributed by atoms with van der Waals surface area (Å²) in [4.78, 5) is 40.9. The molecule has 1 aliphatic heterocycles. The number of thiophene rings is 1. The first-order valence-corrected chi connectivity index (χ1v) is 15.2. The van der Waals surface area contributed by atoms with E-state index in [0.717, 1.165) is 25.7 Å². The van der Waals surface area contributed by atoms with Crippen LogP contribution in [0.5, 0.6) is 5.75 Å². The monoisotopic (exact) mass is 598 g/mol. The van der Waals surface area contributed by atoms with Crippen LogP contribution < -0.4 is 25.8 Å². The number of methoxy groups -OCH3 is 1. The van der Waals surface area contributed by atoms with Gasteiger partial charge in [-0.2, -0.15) is 0 Å². The molecule has 3 heterocycles. The Morgan fingerprint density at radius 3 is 2.68 bits per heavy atom. The largest absolute Gasteiger partial charge is 0.494 e. The number of carbonyl (C=O) groups is 2. The highest BCUT2D eigenvalue weighted by Gasteiger charge is 2.31. The van der Waals surface area contributed by atoms with Gasteiger partial charge in [0.2, 0.25) is 5.91 Å². The van der Waals surface area contributed by atoms with Gasteiger partial charge in [-0.25, -0.2) is 0 Å². The molecule has 5 rings (SSSR count). The van der Waals surface area contributed by atoms with Crippen molar-refractivity contribution in [2.75, 3.05) is 31.6 Å². The molecule has 9 nitrogen and oxygen atoms in total. The van der Waals surface area contributed by atoms with Crippen LogP contribution in [0.3, 0.4) is 0 Å². The Hall–Kier alpha value is -3.18. The number of amides is 2. The summed E-state index contributed by atoms with van der Waals surface area (Å²) in [7, 11) is 1.55. The smallest absolute Gasteiger partial charge is 0.261 e. The summed E-state index contributed by atoms with van der Waals surface area (Å²) in [6.45, 7) is 1.54. The summed E-state index contributed by atoms with van der Waals surface area (Å²) in [5.74, 6) is 0.229. The van der Waals surface area contributed by atoms with Gasteiger partial charge in [-0.05, 0) is 69.0 Å². The van der Waals surface area contributed by atoms with Crippen molar-refractivity contribution in [2.24, 2.45) is 5.92 Å². The Bertz CT molecular complexity index is 1450. The topological polar surface area (TPSA) is 113 Å². The quantitative estimate of drug-likeness (QED) is 0.327. The molecule has 41 heavy (non-hydrogen) atoms. The van der Waals surface area contributed by atoms with Crippen molar-refractivity contribution in [3.05, 3.63) is 73.8 Å². The van der Waals surface area contributed by atoms with E-state index in [-0.39, 0.29) is 29.4 Å². The zero-order valence-electron chi connectivity index (χ0n) is 23.0. The maximum Gasteiger partial charge on any atom is 0.261 e. The number of aromatic nitrogens is 1. The fourth-order valence-corrected chi connectivity index (χ4v) is 6.53. The molecule has 3 N–H and O–H groups in total. The first kappa shape index (κ1) is 29.3. The fraction of sp³-hybridized carbons (Fsp3) is 0.433. The summed E-state index contributed by atoms with van der Waals surface area (Å²) in [5.41, 5.74) is 1.87. The lowest BCUT2D eigenvalue weighted by atomic mass is 9.93. The molecule has 0 bridgehead atoms. The van der Waals surface area contributed by atoms with E-state index in [2.05, 4.69) is 10.6 Å². The Labute approximate surface area is 248 Å². The van der Waals surface area contributed by atoms with E-state index in [9.17, 15) is 19.5 Å². The fourth-order valence-electron chi connectivity index (χ4n) is 5.57. The minimum absolute atomic E-state index is 0.0286. The first-order valence-electron chi connectivity index (χ1n) is 14.0. The van der Waals surface area contributed by atoms with E-state index in [0.29, 0.717) is 70.4 Å². The zero-order valence-corrected chi connectivity index (χ0v) is 24.5. The molecular weight excluding hydrogens is 564 g/mol. The van der Waals surface area contributed by atoms with Crippen LogP contribution in [0.2, 0.25) is 4.34 Å². The summed E-state index contributed by atoms with van der Waals surface area (Å²) in [6.07, 6.45) is 5.98. The number of nitrogens with zero attached hydrogens (tertiary/aromatic N) is 2. The molecule has 3 aromatic rings. The summed E-state index contributed by atoms with van der Waals surface area (Å²) >= 11 is 7.15. The number of anilines is 1. The highest BCUT2D eigenvalue weighted by atomic mass is 35.5. The number of aliphatic hydroxyl groups is 1. The highest BCUT2D eigenvalue weighted by molar-refractivity contribution is 7.18. The average molecular weight is 599 g/mol. The molecule has 2 aliphatic rings. The van der Waals surface area contributed by atoms with Crippen molar-refractivity contribution in [1.29, 1.82) is 0 Å². The van der Waals surface area contributed by atoms with Crippen LogP contribution in [0, 0.1) is 5.92 Å². The molecular formula is C30H35ClN4O5S. The van der Waals surface area contributed by atoms with Crippen LogP contribution in [0.1, 0.15) is 47.3 Å². The van der Waals surface area contributed by atoms with Gasteiger partial charge >= 0.3 is 0 Å². The van der Waals surface area contributed by atoms with Gasteiger partial charge in [-0.3, -0.25) is 19.0 Å². The molecule has 0 radical (unpaired) electrons. The second kappa shape index (κ2) is 13.2. The van der Waals surface area contributed by atoms with Crippen LogP contribution in [-0.2, 0) is 11.2 Å². The van der Waals surface area contributed by atoms with Gasteiger partial charge in [0.1, 0.15) is 5.75 Å². The number of hydrogen-bond acceptors (Lipinski definition) is 7. The van der Waals surface area contributed by atoms with Crippen LogP contribution in [0.15, 0.2) is 53.5 Å². The number of nitrogens with one attached hydrogen (secondary N) is 2. The summed E-state index contributed by atoms with van der Waals surface area (Å²) < 4.78 is 7.79. The van der Waals surface area contributed by atoms with Crippen LogP contribution >= 0.6 is 22.9 Å². The third-order valence-corrected chi connectivity index (χ3v) is 9.07. The number of ether oxygens (including phenoxy) is 1. The number of benzene rings is 1. The third kappa shape index (κ3) is 7.01. The highest BCUT2D eigenvalue weighted by Crippen LogP contribution is 2.32. The molecule has 1 aromatic carbocycles. The first-order chi connectivity index (χ1) is 19.8. The zero-order chi connectivity index (χ0) is 28.9. The molecule has 2 aromatic heterocycles. The Morgan fingerprint density at radius 2 is 1.95 bits per heavy atom. The molecule has 218 valence electrons. The second-order valence-corrected chi connectivity index (χ2v) is 12.4. The Balaban J connectivity index is 1.23. The van der Waals surface area contributed by atoms with E-state index in [1.807, 2.05) is 18.2 Å². The Morgan fingerprint density at radius 1 is 1.15 bits per heavy atom. The molecule has 11 heteroatoms.